The fraction of sp³-hybridized carbons (Fsp3) is 1.00. The maximum absolute atomic E-state index is 13.6. The average Bonchev–Trinajstić information content (AvgIpc) is 2.18. The van der Waals surface area contributed by atoms with Gasteiger partial charge in [-0.15, -0.1) is 0 Å². The second-order valence-corrected chi connectivity index (χ2v) is 4.99. The molecule has 0 radical (unpaired) electrons. The van der Waals surface area contributed by atoms with Crippen LogP contribution in [0.4, 0.5) is 8.78 Å². The van der Waals surface area contributed by atoms with E-state index >= 15 is 0 Å². The minimum atomic E-state index is -0.650. The Balaban J connectivity index is 1.91. The fourth-order valence-corrected chi connectivity index (χ4v) is 3.20. The van der Waals surface area contributed by atoms with Crippen LogP contribution in [0.1, 0.15) is 51.4 Å². The van der Waals surface area contributed by atoms with Crippen LogP contribution >= 0.6 is 0 Å². The molecule has 0 aromatic heterocycles. The molecule has 0 heterocycles. The zero-order chi connectivity index (χ0) is 9.97. The van der Waals surface area contributed by atoms with E-state index < -0.39 is 12.3 Å². The molecule has 2 saturated carbocycles. The molecule has 2 aliphatic carbocycles. The number of alkyl halides is 2. The lowest BCUT2D eigenvalue weighted by Gasteiger charge is -2.36. The van der Waals surface area contributed by atoms with Crippen molar-refractivity contribution in [2.45, 2.75) is 63.7 Å². The number of hydrogen-bond donors (Lipinski definition) is 0. The third-order valence-corrected chi connectivity index (χ3v) is 3.99. The number of halogens is 2. The van der Waals surface area contributed by atoms with Gasteiger partial charge in [0, 0.05) is 0 Å². The Bertz CT molecular complexity index is 181. The van der Waals surface area contributed by atoms with E-state index in [0.717, 1.165) is 38.5 Å². The van der Waals surface area contributed by atoms with Crippen molar-refractivity contribution in [2.24, 2.45) is 11.8 Å². The first kappa shape index (κ1) is 10.4. The third-order valence-electron chi connectivity index (χ3n) is 3.99. The normalized spacial score (nSPS) is 45.0. The van der Waals surface area contributed by atoms with Gasteiger partial charge >= 0.3 is 0 Å². The smallest absolute Gasteiger partial charge is 0.103 e. The van der Waals surface area contributed by atoms with E-state index in [1.54, 1.807) is 0 Å². The summed E-state index contributed by atoms with van der Waals surface area (Å²) in [6.07, 6.45) is 5.98. The Morgan fingerprint density at radius 2 is 1.57 bits per heavy atom. The molecular weight excluding hydrogens is 182 g/mol. The minimum Gasteiger partial charge on any atom is -0.247 e. The Morgan fingerprint density at radius 3 is 2.29 bits per heavy atom. The first-order chi connectivity index (χ1) is 6.77. The largest absolute Gasteiger partial charge is 0.247 e. The zero-order valence-corrected chi connectivity index (χ0v) is 8.72. The minimum absolute atomic E-state index is 0.183. The summed E-state index contributed by atoms with van der Waals surface area (Å²) in [6.45, 7) is 0. The van der Waals surface area contributed by atoms with Crippen LogP contribution in [0.25, 0.3) is 0 Å². The molecule has 0 aromatic rings. The van der Waals surface area contributed by atoms with E-state index in [4.69, 9.17) is 0 Å². The van der Waals surface area contributed by atoms with E-state index in [2.05, 4.69) is 0 Å². The maximum atomic E-state index is 13.6. The molecule has 0 N–H and O–H groups in total. The summed E-state index contributed by atoms with van der Waals surface area (Å²) < 4.78 is 26.8. The summed E-state index contributed by atoms with van der Waals surface area (Å²) in [5.74, 6) is 0.524. The van der Waals surface area contributed by atoms with Gasteiger partial charge in [0.15, 0.2) is 0 Å². The third kappa shape index (κ3) is 2.26. The molecule has 0 saturated heterocycles. The van der Waals surface area contributed by atoms with Gasteiger partial charge in [0.05, 0.1) is 0 Å². The van der Waals surface area contributed by atoms with Crippen molar-refractivity contribution in [2.75, 3.05) is 0 Å². The van der Waals surface area contributed by atoms with Gasteiger partial charge in [-0.3, -0.25) is 0 Å². The van der Waals surface area contributed by atoms with Gasteiger partial charge < -0.3 is 0 Å². The molecular formula is C12H20F2. The standard InChI is InChI=1S/C12H20F2/c13-10-5-3-4-9(8-10)11-6-1-2-7-12(11)14/h9-12H,1-8H2. The van der Waals surface area contributed by atoms with Crippen molar-refractivity contribution >= 4 is 0 Å². The van der Waals surface area contributed by atoms with E-state index in [1.807, 2.05) is 0 Å². The highest BCUT2D eigenvalue weighted by Gasteiger charge is 2.34. The fourth-order valence-electron chi connectivity index (χ4n) is 3.20. The molecule has 2 rings (SSSR count). The summed E-state index contributed by atoms with van der Waals surface area (Å²) in [6, 6.07) is 0. The lowest BCUT2D eigenvalue weighted by molar-refractivity contribution is 0.0679. The van der Waals surface area contributed by atoms with Crippen molar-refractivity contribution in [3.8, 4) is 0 Å². The maximum Gasteiger partial charge on any atom is 0.103 e. The molecule has 0 aliphatic heterocycles. The lowest BCUT2D eigenvalue weighted by Crippen LogP contribution is -2.32. The molecule has 2 aliphatic rings. The molecule has 0 nitrogen and oxygen atoms in total. The molecule has 0 bridgehead atoms. The Morgan fingerprint density at radius 1 is 0.786 bits per heavy atom. The molecule has 14 heavy (non-hydrogen) atoms. The van der Waals surface area contributed by atoms with Crippen LogP contribution in [0.3, 0.4) is 0 Å². The number of hydrogen-bond acceptors (Lipinski definition) is 0. The molecule has 0 aromatic carbocycles. The topological polar surface area (TPSA) is 0 Å². The van der Waals surface area contributed by atoms with E-state index in [-0.39, 0.29) is 5.92 Å². The van der Waals surface area contributed by atoms with Crippen LogP contribution < -0.4 is 0 Å². The molecule has 0 amide bonds. The van der Waals surface area contributed by atoms with Gasteiger partial charge in [-0.2, -0.15) is 0 Å². The van der Waals surface area contributed by atoms with E-state index in [9.17, 15) is 8.78 Å². The van der Waals surface area contributed by atoms with Crippen LogP contribution in [-0.2, 0) is 0 Å². The monoisotopic (exact) mass is 202 g/mol. The lowest BCUT2D eigenvalue weighted by atomic mass is 9.72. The van der Waals surface area contributed by atoms with Crippen molar-refractivity contribution in [1.29, 1.82) is 0 Å². The first-order valence-electron chi connectivity index (χ1n) is 6.05. The van der Waals surface area contributed by atoms with Crippen LogP contribution in [0, 0.1) is 11.8 Å². The Labute approximate surface area is 85.1 Å². The highest BCUT2D eigenvalue weighted by atomic mass is 19.1. The average molecular weight is 202 g/mol. The van der Waals surface area contributed by atoms with Crippen molar-refractivity contribution < 1.29 is 8.78 Å². The van der Waals surface area contributed by atoms with E-state index in [0.29, 0.717) is 18.8 Å². The van der Waals surface area contributed by atoms with Crippen molar-refractivity contribution in [3.63, 3.8) is 0 Å². The van der Waals surface area contributed by atoms with Gasteiger partial charge in [-0.1, -0.05) is 19.3 Å². The quantitative estimate of drug-likeness (QED) is 0.602. The second-order valence-electron chi connectivity index (χ2n) is 4.99. The van der Waals surface area contributed by atoms with Gasteiger partial charge in [-0.05, 0) is 43.9 Å². The van der Waals surface area contributed by atoms with E-state index in [1.165, 1.54) is 0 Å². The van der Waals surface area contributed by atoms with Gasteiger partial charge in [0.2, 0.25) is 0 Å². The van der Waals surface area contributed by atoms with Gasteiger partial charge in [0.1, 0.15) is 12.3 Å². The Hall–Kier alpha value is -0.140. The Kier molecular flexibility index (Phi) is 3.40. The van der Waals surface area contributed by atoms with Crippen LogP contribution in [0.15, 0.2) is 0 Å². The van der Waals surface area contributed by atoms with Gasteiger partial charge in [0.25, 0.3) is 0 Å². The number of rotatable bonds is 1. The summed E-state index contributed by atoms with van der Waals surface area (Å²) in [7, 11) is 0. The summed E-state index contributed by atoms with van der Waals surface area (Å²) >= 11 is 0. The highest BCUT2D eigenvalue weighted by molar-refractivity contribution is 4.84. The summed E-state index contributed by atoms with van der Waals surface area (Å²) in [5, 5.41) is 0. The van der Waals surface area contributed by atoms with Crippen molar-refractivity contribution in [1.82, 2.24) is 0 Å². The van der Waals surface area contributed by atoms with Gasteiger partial charge in [-0.25, -0.2) is 8.78 Å². The van der Waals surface area contributed by atoms with Crippen LogP contribution in [0.5, 0.6) is 0 Å². The van der Waals surface area contributed by atoms with Crippen LogP contribution in [-0.4, -0.2) is 12.3 Å². The molecule has 4 atom stereocenters. The molecule has 2 heteroatoms. The second kappa shape index (κ2) is 4.59. The van der Waals surface area contributed by atoms with Crippen LogP contribution in [0.2, 0.25) is 0 Å². The molecule has 2 fully saturated rings. The summed E-state index contributed by atoms with van der Waals surface area (Å²) in [4.78, 5) is 0. The SMILES string of the molecule is FC1CCCC(C2CCCCC2F)C1. The highest BCUT2D eigenvalue weighted by Crippen LogP contribution is 2.40. The predicted molar refractivity (Wildman–Crippen MR) is 53.7 cm³/mol. The molecule has 0 spiro atoms. The molecule has 4 unspecified atom stereocenters. The van der Waals surface area contributed by atoms with Crippen molar-refractivity contribution in [3.05, 3.63) is 0 Å². The zero-order valence-electron chi connectivity index (χ0n) is 8.72. The predicted octanol–water partition coefficient (Wildman–Crippen LogP) is 4.04. The summed E-state index contributed by atoms with van der Waals surface area (Å²) in [5.41, 5.74) is 0. The molecule has 82 valence electrons. The first-order valence-corrected chi connectivity index (χ1v) is 6.05.